The van der Waals surface area contributed by atoms with Crippen molar-refractivity contribution in [3.05, 3.63) is 113 Å². The molecule has 216 valence electrons. The zero-order valence-electron chi connectivity index (χ0n) is 23.3. The number of carbonyl (C=O) groups is 3. The van der Waals surface area contributed by atoms with Gasteiger partial charge < -0.3 is 14.8 Å². The van der Waals surface area contributed by atoms with Gasteiger partial charge in [-0.2, -0.15) is 0 Å². The Bertz CT molecular complexity index is 1400. The largest absolute Gasteiger partial charge is 0.484 e. The SMILES string of the molecule is O=C(COc1ccccc1)N[C@@H]1C(=O)N2C(C(=O)OC(c3ccccc3)c3ccccc3)=C(C3CCCCC3)CS[C@H]12. The Morgan fingerprint density at radius 1 is 0.857 bits per heavy atom. The third kappa shape index (κ3) is 5.95. The van der Waals surface area contributed by atoms with Gasteiger partial charge in [-0.25, -0.2) is 4.79 Å². The van der Waals surface area contributed by atoms with E-state index in [-0.39, 0.29) is 29.7 Å². The fraction of sp³-hybridized carbons (Fsp3) is 0.324. The second-order valence-corrected chi connectivity index (χ2v) is 12.0. The van der Waals surface area contributed by atoms with Gasteiger partial charge in [0.1, 0.15) is 22.9 Å². The van der Waals surface area contributed by atoms with Gasteiger partial charge in [0.2, 0.25) is 0 Å². The minimum atomic E-state index is -0.725. The van der Waals surface area contributed by atoms with Crippen LogP contribution in [0.2, 0.25) is 0 Å². The summed E-state index contributed by atoms with van der Waals surface area (Å²) >= 11 is 1.60. The molecule has 2 fully saturated rings. The van der Waals surface area contributed by atoms with Gasteiger partial charge in [-0.3, -0.25) is 14.5 Å². The van der Waals surface area contributed by atoms with Crippen molar-refractivity contribution in [2.24, 2.45) is 5.92 Å². The topological polar surface area (TPSA) is 84.9 Å². The van der Waals surface area contributed by atoms with Crippen LogP contribution in [0.1, 0.15) is 49.3 Å². The number of thioether (sulfide) groups is 1. The number of amides is 2. The fourth-order valence-corrected chi connectivity index (χ4v) is 7.48. The number of para-hydroxylation sites is 1. The minimum Gasteiger partial charge on any atom is -0.484 e. The van der Waals surface area contributed by atoms with Gasteiger partial charge in [0.25, 0.3) is 11.8 Å². The van der Waals surface area contributed by atoms with Gasteiger partial charge in [0, 0.05) is 5.75 Å². The lowest BCUT2D eigenvalue weighted by Gasteiger charge is -2.50. The van der Waals surface area contributed by atoms with Crippen LogP contribution in [0.3, 0.4) is 0 Å². The number of hydrogen-bond donors (Lipinski definition) is 1. The summed E-state index contributed by atoms with van der Waals surface area (Å²) in [7, 11) is 0. The Morgan fingerprint density at radius 2 is 1.45 bits per heavy atom. The first-order valence-corrected chi connectivity index (χ1v) is 15.6. The summed E-state index contributed by atoms with van der Waals surface area (Å²) < 4.78 is 11.8. The quantitative estimate of drug-likeness (QED) is 0.260. The number of rotatable bonds is 9. The molecule has 1 saturated carbocycles. The summed E-state index contributed by atoms with van der Waals surface area (Å²) in [4.78, 5) is 42.0. The standard InChI is InChI=1S/C34H34N2O5S/c37-28(21-40-26-19-11-4-12-20-26)35-29-32(38)36-30(27(22-42-33(29)36)23-13-5-1-6-14-23)34(39)41-31(24-15-7-2-8-16-24)25-17-9-3-10-18-25/h2-4,7-12,15-20,23,29,31,33H,1,5-6,13-14,21-22H2,(H,35,37)/t29-,33-/m1/s1. The highest BCUT2D eigenvalue weighted by atomic mass is 32.2. The zero-order chi connectivity index (χ0) is 28.9. The first kappa shape index (κ1) is 28.1. The van der Waals surface area contributed by atoms with Crippen molar-refractivity contribution in [2.75, 3.05) is 12.4 Å². The normalized spacial score (nSPS) is 20.5. The van der Waals surface area contributed by atoms with Crippen molar-refractivity contribution in [1.82, 2.24) is 10.2 Å². The van der Waals surface area contributed by atoms with Gasteiger partial charge >= 0.3 is 5.97 Å². The fourth-order valence-electron chi connectivity index (χ4n) is 6.02. The van der Waals surface area contributed by atoms with Gasteiger partial charge in [0.05, 0.1) is 0 Å². The van der Waals surface area contributed by atoms with Gasteiger partial charge in [0.15, 0.2) is 12.7 Å². The van der Waals surface area contributed by atoms with Crippen molar-refractivity contribution in [1.29, 1.82) is 0 Å². The summed E-state index contributed by atoms with van der Waals surface area (Å²) in [6, 6.07) is 27.7. The number of benzene rings is 3. The van der Waals surface area contributed by atoms with E-state index in [0.717, 1.165) is 42.4 Å². The number of hydrogen-bond acceptors (Lipinski definition) is 6. The van der Waals surface area contributed by atoms with Gasteiger partial charge in [-0.15, -0.1) is 11.8 Å². The number of fused-ring (bicyclic) bond motifs is 1. The first-order chi connectivity index (χ1) is 20.6. The molecule has 6 rings (SSSR count). The molecule has 0 radical (unpaired) electrons. The molecule has 7 nitrogen and oxygen atoms in total. The van der Waals surface area contributed by atoms with Crippen molar-refractivity contribution in [2.45, 2.75) is 49.6 Å². The van der Waals surface area contributed by atoms with E-state index in [1.807, 2.05) is 78.9 Å². The summed E-state index contributed by atoms with van der Waals surface area (Å²) in [5.74, 6) is 0.273. The first-order valence-electron chi connectivity index (χ1n) is 14.6. The van der Waals surface area contributed by atoms with E-state index in [4.69, 9.17) is 9.47 Å². The van der Waals surface area contributed by atoms with Crippen molar-refractivity contribution < 1.29 is 23.9 Å². The molecule has 8 heteroatoms. The van der Waals surface area contributed by atoms with Gasteiger partial charge in [-0.05, 0) is 47.6 Å². The summed E-state index contributed by atoms with van der Waals surface area (Å²) in [5, 5.41) is 2.46. The van der Waals surface area contributed by atoms with E-state index in [1.54, 1.807) is 28.8 Å². The number of ether oxygens (including phenoxy) is 2. The van der Waals surface area contributed by atoms with Crippen molar-refractivity contribution in [3.63, 3.8) is 0 Å². The summed E-state index contributed by atoms with van der Waals surface area (Å²) in [5.41, 5.74) is 3.07. The molecule has 2 aliphatic heterocycles. The smallest absolute Gasteiger partial charge is 0.356 e. The molecule has 2 amide bonds. The average Bonchev–Trinajstić information content (AvgIpc) is 3.06. The average molecular weight is 583 g/mol. The summed E-state index contributed by atoms with van der Waals surface area (Å²) in [6.07, 6.45) is 4.78. The Balaban J connectivity index is 1.24. The molecule has 1 N–H and O–H groups in total. The lowest BCUT2D eigenvalue weighted by molar-refractivity contribution is -0.155. The van der Waals surface area contributed by atoms with Crippen molar-refractivity contribution in [3.8, 4) is 5.75 Å². The van der Waals surface area contributed by atoms with Crippen LogP contribution in [-0.2, 0) is 19.1 Å². The van der Waals surface area contributed by atoms with Crippen LogP contribution in [0.15, 0.2) is 102 Å². The molecule has 42 heavy (non-hydrogen) atoms. The van der Waals surface area contributed by atoms with E-state index in [1.165, 1.54) is 6.42 Å². The van der Waals surface area contributed by atoms with E-state index in [9.17, 15) is 14.4 Å². The Hall–Kier alpha value is -4.04. The maximum absolute atomic E-state index is 14.1. The second kappa shape index (κ2) is 12.9. The molecule has 3 aliphatic rings. The van der Waals surface area contributed by atoms with E-state index in [2.05, 4.69) is 5.32 Å². The third-order valence-electron chi connectivity index (χ3n) is 8.15. The molecule has 0 bridgehead atoms. The predicted molar refractivity (Wildman–Crippen MR) is 161 cm³/mol. The minimum absolute atomic E-state index is 0.195. The highest BCUT2D eigenvalue weighted by Gasteiger charge is 2.55. The predicted octanol–water partition coefficient (Wildman–Crippen LogP) is 5.63. The van der Waals surface area contributed by atoms with Crippen LogP contribution >= 0.6 is 11.8 Å². The second-order valence-electron chi connectivity index (χ2n) is 10.9. The molecule has 0 unspecified atom stereocenters. The Kier molecular flexibility index (Phi) is 8.60. The maximum atomic E-state index is 14.1. The van der Waals surface area contributed by atoms with Crippen LogP contribution in [0.25, 0.3) is 0 Å². The molecule has 1 aliphatic carbocycles. The molecule has 0 spiro atoms. The van der Waals surface area contributed by atoms with Crippen LogP contribution < -0.4 is 10.1 Å². The third-order valence-corrected chi connectivity index (χ3v) is 9.45. The molecule has 3 aromatic rings. The number of nitrogens with zero attached hydrogens (tertiary/aromatic N) is 1. The molecule has 1 saturated heterocycles. The lowest BCUT2D eigenvalue weighted by Crippen LogP contribution is -2.71. The highest BCUT2D eigenvalue weighted by molar-refractivity contribution is 8.00. The van der Waals surface area contributed by atoms with Crippen LogP contribution in [0.4, 0.5) is 0 Å². The zero-order valence-corrected chi connectivity index (χ0v) is 24.1. The molecule has 2 heterocycles. The van der Waals surface area contributed by atoms with Crippen molar-refractivity contribution >= 4 is 29.5 Å². The molecule has 3 aromatic carbocycles. The number of esters is 1. The molecular weight excluding hydrogens is 548 g/mol. The maximum Gasteiger partial charge on any atom is 0.356 e. The molecule has 0 aromatic heterocycles. The monoisotopic (exact) mass is 582 g/mol. The van der Waals surface area contributed by atoms with Crippen LogP contribution in [-0.4, -0.2) is 46.5 Å². The van der Waals surface area contributed by atoms with Crippen LogP contribution in [0.5, 0.6) is 5.75 Å². The molecule has 2 atom stereocenters. The lowest BCUT2D eigenvalue weighted by atomic mass is 9.82. The highest BCUT2D eigenvalue weighted by Crippen LogP contribution is 2.45. The molecular formula is C34H34N2O5S. The Morgan fingerprint density at radius 3 is 2.07 bits per heavy atom. The summed E-state index contributed by atoms with van der Waals surface area (Å²) in [6.45, 7) is -0.195. The van der Waals surface area contributed by atoms with Gasteiger partial charge in [-0.1, -0.05) is 98.1 Å². The Labute approximate surface area is 250 Å². The number of nitrogens with one attached hydrogen (secondary N) is 1. The van der Waals surface area contributed by atoms with E-state index >= 15 is 0 Å². The van der Waals surface area contributed by atoms with E-state index < -0.39 is 18.1 Å². The van der Waals surface area contributed by atoms with E-state index in [0.29, 0.717) is 17.2 Å². The number of β-lactam (4-membered cyclic amide) rings is 1. The van der Waals surface area contributed by atoms with Crippen LogP contribution in [0, 0.1) is 5.92 Å². The number of carbonyl (C=O) groups excluding carboxylic acids is 3.